The lowest BCUT2D eigenvalue weighted by molar-refractivity contribution is -0.127. The Hall–Kier alpha value is -3.42. The van der Waals surface area contributed by atoms with Crippen molar-refractivity contribution in [1.82, 2.24) is 29.6 Å². The Balaban J connectivity index is 1.44. The molecule has 1 atom stereocenters. The van der Waals surface area contributed by atoms with Crippen molar-refractivity contribution in [3.8, 4) is 22.8 Å². The topological polar surface area (TPSA) is 80.0 Å². The lowest BCUT2D eigenvalue weighted by Gasteiger charge is -2.55. The molecule has 1 N–H and O–H groups in total. The summed E-state index contributed by atoms with van der Waals surface area (Å²) in [6.45, 7) is 8.12. The molecule has 3 aromatic heterocycles. The molecule has 1 saturated carbocycles. The van der Waals surface area contributed by atoms with E-state index in [-0.39, 0.29) is 5.41 Å². The molecule has 4 heterocycles. The first-order chi connectivity index (χ1) is 17.8. The van der Waals surface area contributed by atoms with Gasteiger partial charge in [0.15, 0.2) is 11.6 Å². The maximum absolute atomic E-state index is 12.6. The highest BCUT2D eigenvalue weighted by molar-refractivity contribution is 5.62. The second-order valence-electron chi connectivity index (χ2n) is 11.4. The largest absolute Gasteiger partial charge is 0.380 e. The summed E-state index contributed by atoms with van der Waals surface area (Å²) in [4.78, 5) is 16.0. The molecule has 0 spiro atoms. The van der Waals surface area contributed by atoms with Crippen molar-refractivity contribution >= 4 is 0 Å². The van der Waals surface area contributed by atoms with E-state index < -0.39 is 5.60 Å². The fourth-order valence-electron chi connectivity index (χ4n) is 5.82. The van der Waals surface area contributed by atoms with Crippen LogP contribution in [0.15, 0.2) is 67.3 Å². The summed E-state index contributed by atoms with van der Waals surface area (Å²) in [5.41, 5.74) is 3.10. The van der Waals surface area contributed by atoms with Gasteiger partial charge in [-0.2, -0.15) is 5.10 Å². The zero-order valence-corrected chi connectivity index (χ0v) is 22.0. The summed E-state index contributed by atoms with van der Waals surface area (Å²) in [7, 11) is 2.09. The van der Waals surface area contributed by atoms with Gasteiger partial charge in [0.2, 0.25) is 0 Å². The minimum absolute atomic E-state index is 0.358. The molecular formula is C30H34N6O. The number of rotatable bonds is 7. The Labute approximate surface area is 218 Å². The zero-order chi connectivity index (χ0) is 25.8. The molecule has 1 aromatic carbocycles. The Morgan fingerprint density at radius 1 is 0.973 bits per heavy atom. The third kappa shape index (κ3) is 4.06. The van der Waals surface area contributed by atoms with E-state index in [2.05, 4.69) is 67.0 Å². The lowest BCUT2D eigenvalue weighted by atomic mass is 9.62. The fraction of sp³-hybridized carbons (Fsp3) is 0.400. The number of likely N-dealkylation sites (tertiary alicyclic amines) is 1. The van der Waals surface area contributed by atoms with E-state index in [0.29, 0.717) is 17.8 Å². The van der Waals surface area contributed by atoms with Gasteiger partial charge in [-0.25, -0.2) is 9.67 Å². The summed E-state index contributed by atoms with van der Waals surface area (Å²) >= 11 is 0. The molecule has 37 heavy (non-hydrogen) atoms. The quantitative estimate of drug-likeness (QED) is 0.387. The van der Waals surface area contributed by atoms with E-state index in [1.54, 1.807) is 18.6 Å². The molecule has 1 aliphatic carbocycles. The van der Waals surface area contributed by atoms with Crippen LogP contribution in [0.1, 0.15) is 62.3 Å². The van der Waals surface area contributed by atoms with Crippen LogP contribution >= 0.6 is 0 Å². The average Bonchev–Trinajstić information content (AvgIpc) is 3.65. The normalized spacial score (nSPS) is 19.0. The maximum Gasteiger partial charge on any atom is 0.183 e. The molecule has 0 bridgehead atoms. The summed E-state index contributed by atoms with van der Waals surface area (Å²) in [6, 6.07) is 14.7. The van der Waals surface area contributed by atoms with Crippen LogP contribution in [-0.2, 0) is 5.60 Å². The van der Waals surface area contributed by atoms with E-state index in [4.69, 9.17) is 10.1 Å². The van der Waals surface area contributed by atoms with Gasteiger partial charge in [-0.05, 0) is 55.1 Å². The number of hydrogen-bond donors (Lipinski definition) is 1. The van der Waals surface area contributed by atoms with Gasteiger partial charge in [0.05, 0.1) is 6.04 Å². The number of benzene rings is 1. The first-order valence-corrected chi connectivity index (χ1v) is 13.1. The molecular weight excluding hydrogens is 460 g/mol. The molecule has 1 aliphatic heterocycles. The van der Waals surface area contributed by atoms with Crippen molar-refractivity contribution in [3.05, 3.63) is 83.9 Å². The Morgan fingerprint density at radius 2 is 1.70 bits per heavy atom. The molecule has 2 aliphatic rings. The highest BCUT2D eigenvalue weighted by Crippen LogP contribution is 2.50. The van der Waals surface area contributed by atoms with E-state index in [1.165, 1.54) is 5.56 Å². The number of aliphatic hydroxyl groups is 1. The zero-order valence-electron chi connectivity index (χ0n) is 22.0. The third-order valence-electron chi connectivity index (χ3n) is 7.96. The molecule has 1 unspecified atom stereocenters. The van der Waals surface area contributed by atoms with Crippen molar-refractivity contribution in [1.29, 1.82) is 0 Å². The molecule has 7 nitrogen and oxygen atoms in total. The van der Waals surface area contributed by atoms with E-state index in [1.807, 2.05) is 29.1 Å². The van der Waals surface area contributed by atoms with Crippen LogP contribution in [0.25, 0.3) is 22.8 Å². The van der Waals surface area contributed by atoms with Gasteiger partial charge < -0.3 is 10.0 Å². The molecule has 2 fully saturated rings. The van der Waals surface area contributed by atoms with Crippen LogP contribution in [0.4, 0.5) is 0 Å². The molecule has 190 valence electrons. The van der Waals surface area contributed by atoms with Crippen molar-refractivity contribution in [2.75, 3.05) is 20.1 Å². The van der Waals surface area contributed by atoms with Gasteiger partial charge in [0.25, 0.3) is 0 Å². The molecule has 1 saturated heterocycles. The van der Waals surface area contributed by atoms with Gasteiger partial charge in [-0.15, -0.1) is 0 Å². The molecule has 6 rings (SSSR count). The van der Waals surface area contributed by atoms with Crippen LogP contribution in [0.3, 0.4) is 0 Å². The Morgan fingerprint density at radius 3 is 2.32 bits per heavy atom. The predicted molar refractivity (Wildman–Crippen MR) is 144 cm³/mol. The highest BCUT2D eigenvalue weighted by Gasteiger charge is 2.55. The summed E-state index contributed by atoms with van der Waals surface area (Å²) < 4.78 is 2.03. The first-order valence-electron chi connectivity index (χ1n) is 13.1. The maximum atomic E-state index is 12.6. The second-order valence-corrected chi connectivity index (χ2v) is 11.4. The van der Waals surface area contributed by atoms with Crippen molar-refractivity contribution in [2.45, 2.75) is 51.2 Å². The summed E-state index contributed by atoms with van der Waals surface area (Å²) in [6.07, 6.45) is 9.39. The van der Waals surface area contributed by atoms with Crippen molar-refractivity contribution in [3.63, 3.8) is 0 Å². The van der Waals surface area contributed by atoms with E-state index in [0.717, 1.165) is 54.0 Å². The molecule has 7 heteroatoms. The number of pyridine rings is 2. The van der Waals surface area contributed by atoms with Gasteiger partial charge in [0.1, 0.15) is 5.60 Å². The molecule has 0 amide bonds. The van der Waals surface area contributed by atoms with Crippen LogP contribution in [0, 0.1) is 5.41 Å². The fourth-order valence-corrected chi connectivity index (χ4v) is 5.82. The predicted octanol–water partition coefficient (Wildman–Crippen LogP) is 5.05. The summed E-state index contributed by atoms with van der Waals surface area (Å²) in [5, 5.41) is 17.5. The molecule has 0 radical (unpaired) electrons. The first kappa shape index (κ1) is 23.9. The van der Waals surface area contributed by atoms with Gasteiger partial charge >= 0.3 is 0 Å². The number of aromatic nitrogens is 5. The van der Waals surface area contributed by atoms with Crippen molar-refractivity contribution in [2.24, 2.45) is 5.41 Å². The van der Waals surface area contributed by atoms with Crippen LogP contribution in [0.2, 0.25) is 0 Å². The summed E-state index contributed by atoms with van der Waals surface area (Å²) in [5.74, 6) is 1.87. The van der Waals surface area contributed by atoms with Crippen LogP contribution < -0.4 is 0 Å². The minimum Gasteiger partial charge on any atom is -0.380 e. The van der Waals surface area contributed by atoms with Gasteiger partial charge in [0, 0.05) is 60.0 Å². The average molecular weight is 495 g/mol. The minimum atomic E-state index is -1.21. The van der Waals surface area contributed by atoms with E-state index in [9.17, 15) is 5.11 Å². The lowest BCUT2D eigenvalue weighted by Crippen LogP contribution is -2.63. The smallest absolute Gasteiger partial charge is 0.183 e. The molecule has 4 aromatic rings. The van der Waals surface area contributed by atoms with Gasteiger partial charge in [-0.3, -0.25) is 9.97 Å². The SMILES string of the molecule is CC(C)c1ccc(C(O)(c2cncc(-c3nc(-c4cccnc4)n(C4CC4)n3)c2)C2(C)CN(C)C2)cc1. The Bertz CT molecular complexity index is 1400. The van der Waals surface area contributed by atoms with Crippen LogP contribution in [-0.4, -0.2) is 54.9 Å². The van der Waals surface area contributed by atoms with E-state index >= 15 is 0 Å². The Kier molecular flexibility index (Phi) is 5.73. The monoisotopic (exact) mass is 494 g/mol. The number of hydrogen-bond acceptors (Lipinski definition) is 6. The highest BCUT2D eigenvalue weighted by atomic mass is 16.3. The van der Waals surface area contributed by atoms with Gasteiger partial charge in [-0.1, -0.05) is 45.0 Å². The van der Waals surface area contributed by atoms with Crippen molar-refractivity contribution < 1.29 is 5.11 Å². The van der Waals surface area contributed by atoms with Crippen LogP contribution in [0.5, 0.6) is 0 Å². The standard InChI is InChI=1S/C30H34N6O/c1-20(2)21-7-9-24(10-8-21)30(37,29(3)18-35(4)19-29)25-14-23(16-32-17-25)27-33-28(22-6-5-13-31-15-22)36(34-27)26-11-12-26/h5-10,13-17,20,26,37H,11-12,18-19H2,1-4H3. The second kappa shape index (κ2) is 8.85. The number of nitrogens with zero attached hydrogens (tertiary/aromatic N) is 6. The third-order valence-corrected chi connectivity index (χ3v) is 7.96.